The molecule has 0 atom stereocenters. The zero-order valence-corrected chi connectivity index (χ0v) is 17.7. The molecule has 1 amide bonds. The van der Waals surface area contributed by atoms with E-state index in [1.54, 1.807) is 19.2 Å². The lowest BCUT2D eigenvalue weighted by Gasteiger charge is -2.32. The molecule has 1 aliphatic rings. The molecule has 0 aliphatic carbocycles. The number of nitrogens with zero attached hydrogens (tertiary/aromatic N) is 3. The van der Waals surface area contributed by atoms with Crippen LogP contribution in [-0.4, -0.2) is 27.9 Å². The molecule has 7 nitrogen and oxygen atoms in total. The summed E-state index contributed by atoms with van der Waals surface area (Å²) in [6, 6.07) is 13.0. The fraction of sp³-hybridized carbons (Fsp3) is 0.227. The van der Waals surface area contributed by atoms with E-state index in [-0.39, 0.29) is 5.91 Å². The van der Waals surface area contributed by atoms with Crippen molar-refractivity contribution in [1.82, 2.24) is 14.9 Å². The van der Waals surface area contributed by atoms with Crippen molar-refractivity contribution >= 4 is 34.8 Å². The van der Waals surface area contributed by atoms with Gasteiger partial charge in [-0.25, -0.2) is 9.97 Å². The summed E-state index contributed by atoms with van der Waals surface area (Å²) in [5.41, 5.74) is 8.31. The summed E-state index contributed by atoms with van der Waals surface area (Å²) < 4.78 is 5.22. The van der Waals surface area contributed by atoms with Crippen LogP contribution in [0.15, 0.2) is 48.8 Å². The maximum atomic E-state index is 13.2. The van der Waals surface area contributed by atoms with Gasteiger partial charge in [-0.1, -0.05) is 23.7 Å². The summed E-state index contributed by atoms with van der Waals surface area (Å²) in [5.74, 6) is 1.60. The first kappa shape index (κ1) is 20.0. The molecule has 0 fully saturated rings. The van der Waals surface area contributed by atoms with E-state index in [2.05, 4.69) is 15.3 Å². The number of fused-ring (bicyclic) bond motifs is 1. The van der Waals surface area contributed by atoms with E-state index < -0.39 is 5.54 Å². The van der Waals surface area contributed by atoms with Crippen LogP contribution >= 0.6 is 11.6 Å². The van der Waals surface area contributed by atoms with Crippen LogP contribution in [0.2, 0.25) is 5.02 Å². The van der Waals surface area contributed by atoms with E-state index in [0.717, 1.165) is 22.6 Å². The first-order valence-corrected chi connectivity index (χ1v) is 9.81. The average Bonchev–Trinajstić information content (AvgIpc) is 2.89. The van der Waals surface area contributed by atoms with Crippen molar-refractivity contribution in [1.29, 1.82) is 0 Å². The van der Waals surface area contributed by atoms with Gasteiger partial charge in [-0.2, -0.15) is 0 Å². The minimum Gasteiger partial charge on any atom is -0.497 e. The van der Waals surface area contributed by atoms with E-state index in [1.807, 2.05) is 49.1 Å². The number of halogens is 1. The van der Waals surface area contributed by atoms with Crippen LogP contribution in [0.25, 0.3) is 0 Å². The normalized spacial score (nSPS) is 14.5. The average molecular weight is 424 g/mol. The largest absolute Gasteiger partial charge is 0.497 e. The highest BCUT2D eigenvalue weighted by Gasteiger charge is 2.44. The maximum Gasteiger partial charge on any atom is 0.256 e. The van der Waals surface area contributed by atoms with Crippen LogP contribution in [0.3, 0.4) is 0 Å². The molecule has 0 bridgehead atoms. The number of ether oxygens (including phenoxy) is 1. The molecule has 3 N–H and O–H groups in total. The molecule has 2 heterocycles. The Hall–Kier alpha value is -3.32. The monoisotopic (exact) mass is 423 g/mol. The maximum absolute atomic E-state index is 13.2. The van der Waals surface area contributed by atoms with Crippen molar-refractivity contribution in [2.24, 2.45) is 0 Å². The molecule has 0 saturated heterocycles. The zero-order chi connectivity index (χ0) is 21.5. The number of hydrogen-bond acceptors (Lipinski definition) is 6. The summed E-state index contributed by atoms with van der Waals surface area (Å²) >= 11 is 6.54. The Kier molecular flexibility index (Phi) is 4.99. The van der Waals surface area contributed by atoms with Crippen molar-refractivity contribution in [2.75, 3.05) is 18.2 Å². The second-order valence-corrected chi connectivity index (χ2v) is 8.04. The van der Waals surface area contributed by atoms with Crippen LogP contribution in [0, 0.1) is 0 Å². The Bertz CT molecular complexity index is 1120. The fourth-order valence-electron chi connectivity index (χ4n) is 3.68. The Labute approximate surface area is 179 Å². The van der Waals surface area contributed by atoms with E-state index in [1.165, 1.54) is 6.33 Å². The van der Waals surface area contributed by atoms with Crippen molar-refractivity contribution in [2.45, 2.75) is 25.9 Å². The van der Waals surface area contributed by atoms with Crippen molar-refractivity contribution in [3.8, 4) is 5.75 Å². The lowest BCUT2D eigenvalue weighted by Crippen LogP contribution is -2.38. The Morgan fingerprint density at radius 3 is 2.57 bits per heavy atom. The molecule has 4 rings (SSSR count). The number of aromatic nitrogens is 2. The summed E-state index contributed by atoms with van der Waals surface area (Å²) in [5, 5.41) is 3.58. The van der Waals surface area contributed by atoms with E-state index in [4.69, 9.17) is 22.1 Å². The predicted octanol–water partition coefficient (Wildman–Crippen LogP) is 4.36. The fourth-order valence-corrected chi connectivity index (χ4v) is 3.98. The van der Waals surface area contributed by atoms with Gasteiger partial charge >= 0.3 is 0 Å². The number of nitrogens with two attached hydrogens (primary N) is 1. The number of nitrogen functional groups attached to an aromatic ring is 1. The van der Waals surface area contributed by atoms with E-state index in [0.29, 0.717) is 28.8 Å². The molecule has 1 aromatic heterocycles. The number of rotatable bonds is 5. The summed E-state index contributed by atoms with van der Waals surface area (Å²) in [7, 11) is 1.63. The van der Waals surface area contributed by atoms with Crippen molar-refractivity contribution in [3.05, 3.63) is 70.5 Å². The topological polar surface area (TPSA) is 93.4 Å². The molecule has 0 unspecified atom stereocenters. The molecule has 154 valence electrons. The standard InChI is InChI=1S/C22H22ClN5O2/c1-22(2)16-8-14(27-19-10-18(24)25-12-26-19)9-17(23)20(16)21(29)28(22)11-13-4-6-15(30-3)7-5-13/h4-10,12H,11H2,1-3H3,(H3,24,25,26,27). The molecular formula is C22H22ClN5O2. The minimum atomic E-state index is -0.543. The highest BCUT2D eigenvalue weighted by molar-refractivity contribution is 6.34. The van der Waals surface area contributed by atoms with E-state index in [9.17, 15) is 4.79 Å². The Morgan fingerprint density at radius 1 is 1.17 bits per heavy atom. The number of methoxy groups -OCH3 is 1. The van der Waals surface area contributed by atoms with Crippen molar-refractivity contribution in [3.63, 3.8) is 0 Å². The van der Waals surface area contributed by atoms with Gasteiger partial charge in [0.25, 0.3) is 5.91 Å². The van der Waals surface area contributed by atoms with Crippen LogP contribution in [0.4, 0.5) is 17.3 Å². The first-order valence-electron chi connectivity index (χ1n) is 9.43. The SMILES string of the molecule is COc1ccc(CN2C(=O)c3c(Cl)cc(Nc4cc(N)ncn4)cc3C2(C)C)cc1. The summed E-state index contributed by atoms with van der Waals surface area (Å²) in [6.07, 6.45) is 1.39. The van der Waals surface area contributed by atoms with Crippen LogP contribution < -0.4 is 15.8 Å². The van der Waals surface area contributed by atoms with Gasteiger partial charge in [0.05, 0.1) is 23.2 Å². The van der Waals surface area contributed by atoms with Gasteiger partial charge in [0, 0.05) is 18.3 Å². The lowest BCUT2D eigenvalue weighted by molar-refractivity contribution is 0.0595. The second-order valence-electron chi connectivity index (χ2n) is 7.63. The lowest BCUT2D eigenvalue weighted by atomic mass is 9.93. The Morgan fingerprint density at radius 2 is 1.90 bits per heavy atom. The summed E-state index contributed by atoms with van der Waals surface area (Å²) in [4.78, 5) is 23.1. The van der Waals surface area contributed by atoms with Gasteiger partial charge in [-0.15, -0.1) is 0 Å². The molecule has 3 aromatic rings. The van der Waals surface area contributed by atoms with Crippen molar-refractivity contribution < 1.29 is 9.53 Å². The van der Waals surface area contributed by atoms with Crippen LogP contribution in [-0.2, 0) is 12.1 Å². The van der Waals surface area contributed by atoms with Crippen LogP contribution in [0.5, 0.6) is 5.75 Å². The van der Waals surface area contributed by atoms with Gasteiger partial charge in [-0.05, 0) is 49.2 Å². The molecule has 1 aliphatic heterocycles. The van der Waals surface area contributed by atoms with Gasteiger partial charge in [0.15, 0.2) is 0 Å². The smallest absolute Gasteiger partial charge is 0.256 e. The summed E-state index contributed by atoms with van der Waals surface area (Å²) in [6.45, 7) is 4.50. The Balaban J connectivity index is 1.66. The van der Waals surface area contributed by atoms with Gasteiger partial charge in [0.1, 0.15) is 23.7 Å². The second kappa shape index (κ2) is 7.50. The highest BCUT2D eigenvalue weighted by atomic mass is 35.5. The molecule has 8 heteroatoms. The van der Waals surface area contributed by atoms with Gasteiger partial charge in [-0.3, -0.25) is 4.79 Å². The first-order chi connectivity index (χ1) is 14.3. The number of benzene rings is 2. The van der Waals surface area contributed by atoms with E-state index >= 15 is 0 Å². The van der Waals surface area contributed by atoms with Gasteiger partial charge in [0.2, 0.25) is 0 Å². The number of nitrogens with one attached hydrogen (secondary N) is 1. The minimum absolute atomic E-state index is 0.0892. The third-order valence-corrected chi connectivity index (χ3v) is 5.64. The zero-order valence-electron chi connectivity index (χ0n) is 16.9. The molecule has 30 heavy (non-hydrogen) atoms. The third-order valence-electron chi connectivity index (χ3n) is 5.34. The molecular weight excluding hydrogens is 402 g/mol. The molecule has 0 radical (unpaired) electrons. The number of carbonyl (C=O) groups is 1. The number of hydrogen-bond donors (Lipinski definition) is 2. The molecule has 0 spiro atoms. The van der Waals surface area contributed by atoms with Gasteiger partial charge < -0.3 is 20.7 Å². The molecule has 2 aromatic carbocycles. The quantitative estimate of drug-likeness (QED) is 0.633. The number of amides is 1. The number of anilines is 3. The third kappa shape index (κ3) is 3.52. The number of carbonyl (C=O) groups excluding carboxylic acids is 1. The highest BCUT2D eigenvalue weighted by Crippen LogP contribution is 2.44. The predicted molar refractivity (Wildman–Crippen MR) is 117 cm³/mol. The van der Waals surface area contributed by atoms with Crippen LogP contribution in [0.1, 0.15) is 35.3 Å². The molecule has 0 saturated carbocycles.